The average molecular weight is 448 g/mol. The largest absolute Gasteiger partial charge is 0.453 e. The topological polar surface area (TPSA) is 63.7 Å². The molecule has 3 aromatic rings. The highest BCUT2D eigenvalue weighted by Gasteiger charge is 2.13. The standard InChI is InChI=1S/C26H26FN3O3/c1-19(21-6-8-22(9-7-21)30-13-15-32-16-14-30)29-26(31)11-5-20-4-10-25(24(27)17-20)33-23-3-2-12-28-18-23/h2-12,17-19H,13-16H2,1H3,(H,29,31)/b11-5+. The summed E-state index contributed by atoms with van der Waals surface area (Å²) < 4.78 is 25.3. The minimum atomic E-state index is -0.518. The molecule has 1 atom stereocenters. The number of nitrogens with zero attached hydrogens (tertiary/aromatic N) is 2. The summed E-state index contributed by atoms with van der Waals surface area (Å²) in [6.45, 7) is 5.18. The van der Waals surface area contributed by atoms with Crippen LogP contribution in [0.1, 0.15) is 24.1 Å². The Hall–Kier alpha value is -3.71. The van der Waals surface area contributed by atoms with Gasteiger partial charge in [-0.2, -0.15) is 0 Å². The summed E-state index contributed by atoms with van der Waals surface area (Å²) in [7, 11) is 0. The number of benzene rings is 2. The van der Waals surface area contributed by atoms with E-state index in [1.54, 1.807) is 30.5 Å². The van der Waals surface area contributed by atoms with Gasteiger partial charge >= 0.3 is 0 Å². The Labute approximate surface area is 192 Å². The van der Waals surface area contributed by atoms with Crippen molar-refractivity contribution < 1.29 is 18.7 Å². The fourth-order valence-electron chi connectivity index (χ4n) is 3.55. The van der Waals surface area contributed by atoms with Crippen LogP contribution >= 0.6 is 0 Å². The number of hydrogen-bond donors (Lipinski definition) is 1. The number of carbonyl (C=O) groups is 1. The second kappa shape index (κ2) is 10.7. The summed E-state index contributed by atoms with van der Waals surface area (Å²) in [5.74, 6) is -0.226. The van der Waals surface area contributed by atoms with Crippen LogP contribution in [0.2, 0.25) is 0 Å². The third-order valence-electron chi connectivity index (χ3n) is 5.37. The normalized spacial score (nSPS) is 14.8. The molecule has 7 heteroatoms. The van der Waals surface area contributed by atoms with Gasteiger partial charge in [0.2, 0.25) is 5.91 Å². The molecule has 0 aliphatic carbocycles. The smallest absolute Gasteiger partial charge is 0.244 e. The molecule has 6 nitrogen and oxygen atoms in total. The van der Waals surface area contributed by atoms with Gasteiger partial charge in [-0.3, -0.25) is 9.78 Å². The number of aromatic nitrogens is 1. The van der Waals surface area contributed by atoms with Gasteiger partial charge in [-0.15, -0.1) is 0 Å². The van der Waals surface area contributed by atoms with Crippen molar-refractivity contribution in [3.05, 3.63) is 90.0 Å². The molecule has 0 bridgehead atoms. The zero-order valence-electron chi connectivity index (χ0n) is 18.4. The zero-order chi connectivity index (χ0) is 23.0. The van der Waals surface area contributed by atoms with Gasteiger partial charge in [-0.05, 0) is 60.5 Å². The van der Waals surface area contributed by atoms with Crippen LogP contribution in [0.5, 0.6) is 11.5 Å². The molecule has 1 saturated heterocycles. The number of anilines is 1. The third-order valence-corrected chi connectivity index (χ3v) is 5.37. The highest BCUT2D eigenvalue weighted by molar-refractivity contribution is 5.92. The first-order valence-corrected chi connectivity index (χ1v) is 10.9. The lowest BCUT2D eigenvalue weighted by Crippen LogP contribution is -2.36. The maximum atomic E-state index is 14.4. The summed E-state index contributed by atoms with van der Waals surface area (Å²) >= 11 is 0. The average Bonchev–Trinajstić information content (AvgIpc) is 2.85. The summed E-state index contributed by atoms with van der Waals surface area (Å²) in [4.78, 5) is 18.6. The molecule has 1 fully saturated rings. The van der Waals surface area contributed by atoms with Crippen molar-refractivity contribution in [2.75, 3.05) is 31.2 Å². The first kappa shape index (κ1) is 22.5. The fraction of sp³-hybridized carbons (Fsp3) is 0.231. The highest BCUT2D eigenvalue weighted by Crippen LogP contribution is 2.25. The Morgan fingerprint density at radius 3 is 2.67 bits per heavy atom. The maximum Gasteiger partial charge on any atom is 0.244 e. The number of amides is 1. The van der Waals surface area contributed by atoms with Crippen molar-refractivity contribution in [3.8, 4) is 11.5 Å². The molecule has 1 N–H and O–H groups in total. The number of halogens is 1. The molecule has 0 saturated carbocycles. The molecule has 0 spiro atoms. The molecule has 1 aromatic heterocycles. The number of nitrogens with one attached hydrogen (secondary N) is 1. The lowest BCUT2D eigenvalue weighted by atomic mass is 10.1. The van der Waals surface area contributed by atoms with E-state index in [0.717, 1.165) is 37.6 Å². The molecule has 2 heterocycles. The molecule has 33 heavy (non-hydrogen) atoms. The molecule has 170 valence electrons. The molecule has 1 aliphatic heterocycles. The number of rotatable bonds is 7. The minimum absolute atomic E-state index is 0.0961. The first-order chi connectivity index (χ1) is 16.1. The van der Waals surface area contributed by atoms with Crippen LogP contribution in [0.3, 0.4) is 0 Å². The van der Waals surface area contributed by atoms with Crippen LogP contribution in [0, 0.1) is 5.82 Å². The summed E-state index contributed by atoms with van der Waals surface area (Å²) in [5.41, 5.74) is 2.72. The van der Waals surface area contributed by atoms with Crippen molar-refractivity contribution in [3.63, 3.8) is 0 Å². The van der Waals surface area contributed by atoms with Crippen LogP contribution in [0.15, 0.2) is 73.1 Å². The van der Waals surface area contributed by atoms with Gasteiger partial charge in [0.05, 0.1) is 25.5 Å². The van der Waals surface area contributed by atoms with E-state index < -0.39 is 5.82 Å². The molecule has 0 radical (unpaired) electrons. The SMILES string of the molecule is CC(NC(=O)/C=C/c1ccc(Oc2cccnc2)c(F)c1)c1ccc(N2CCOCC2)cc1. The molecular formula is C26H26FN3O3. The molecule has 1 amide bonds. The Bertz CT molecular complexity index is 1100. The Kier molecular flexibility index (Phi) is 7.32. The van der Waals surface area contributed by atoms with Crippen LogP contribution in [-0.2, 0) is 9.53 Å². The number of hydrogen-bond acceptors (Lipinski definition) is 5. The van der Waals surface area contributed by atoms with Gasteiger partial charge in [0.1, 0.15) is 5.75 Å². The number of carbonyl (C=O) groups excluding carboxylic acids is 1. The predicted octanol–water partition coefficient (Wildman–Crippen LogP) is 4.74. The maximum absolute atomic E-state index is 14.4. The van der Waals surface area contributed by atoms with Crippen molar-refractivity contribution in [1.29, 1.82) is 0 Å². The third kappa shape index (κ3) is 6.17. The van der Waals surface area contributed by atoms with Gasteiger partial charge < -0.3 is 19.7 Å². The van der Waals surface area contributed by atoms with E-state index >= 15 is 0 Å². The first-order valence-electron chi connectivity index (χ1n) is 10.9. The second-order valence-corrected chi connectivity index (χ2v) is 7.74. The number of ether oxygens (including phenoxy) is 2. The Morgan fingerprint density at radius 1 is 1.18 bits per heavy atom. The van der Waals surface area contributed by atoms with E-state index in [-0.39, 0.29) is 17.7 Å². The van der Waals surface area contributed by atoms with Crippen LogP contribution in [0.4, 0.5) is 10.1 Å². The lowest BCUT2D eigenvalue weighted by molar-refractivity contribution is -0.117. The molecular weight excluding hydrogens is 421 g/mol. The lowest BCUT2D eigenvalue weighted by Gasteiger charge is -2.29. The molecule has 4 rings (SSSR count). The van der Waals surface area contributed by atoms with Gasteiger partial charge in [0.25, 0.3) is 0 Å². The highest BCUT2D eigenvalue weighted by atomic mass is 19.1. The predicted molar refractivity (Wildman–Crippen MR) is 126 cm³/mol. The summed E-state index contributed by atoms with van der Waals surface area (Å²) in [6.07, 6.45) is 6.09. The van der Waals surface area contributed by atoms with E-state index in [1.165, 1.54) is 24.4 Å². The quantitative estimate of drug-likeness (QED) is 0.530. The van der Waals surface area contributed by atoms with Gasteiger partial charge in [-0.1, -0.05) is 18.2 Å². The van der Waals surface area contributed by atoms with Crippen molar-refractivity contribution in [2.45, 2.75) is 13.0 Å². The molecule has 1 aliphatic rings. The fourth-order valence-corrected chi connectivity index (χ4v) is 3.55. The molecule has 2 aromatic carbocycles. The Balaban J connectivity index is 1.32. The van der Waals surface area contributed by atoms with Crippen LogP contribution < -0.4 is 15.0 Å². The van der Waals surface area contributed by atoms with Gasteiger partial charge in [0, 0.05) is 31.0 Å². The minimum Gasteiger partial charge on any atom is -0.453 e. The van der Waals surface area contributed by atoms with Crippen molar-refractivity contribution in [1.82, 2.24) is 10.3 Å². The number of pyridine rings is 1. The Morgan fingerprint density at radius 2 is 1.97 bits per heavy atom. The zero-order valence-corrected chi connectivity index (χ0v) is 18.4. The summed E-state index contributed by atoms with van der Waals surface area (Å²) in [5, 5.41) is 2.94. The monoisotopic (exact) mass is 447 g/mol. The van der Waals surface area contributed by atoms with Crippen molar-refractivity contribution >= 4 is 17.7 Å². The van der Waals surface area contributed by atoms with E-state index in [9.17, 15) is 9.18 Å². The molecule has 1 unspecified atom stereocenters. The van der Waals surface area contributed by atoms with E-state index in [2.05, 4.69) is 27.3 Å². The van der Waals surface area contributed by atoms with E-state index in [4.69, 9.17) is 9.47 Å². The van der Waals surface area contributed by atoms with Crippen LogP contribution in [-0.4, -0.2) is 37.2 Å². The van der Waals surface area contributed by atoms with Gasteiger partial charge in [-0.25, -0.2) is 4.39 Å². The van der Waals surface area contributed by atoms with Crippen molar-refractivity contribution in [2.24, 2.45) is 0 Å². The second-order valence-electron chi connectivity index (χ2n) is 7.74. The van der Waals surface area contributed by atoms with Gasteiger partial charge in [0.15, 0.2) is 11.6 Å². The van der Waals surface area contributed by atoms with E-state index in [0.29, 0.717) is 11.3 Å². The number of morpholine rings is 1. The van der Waals surface area contributed by atoms with Crippen LogP contribution in [0.25, 0.3) is 6.08 Å². The summed E-state index contributed by atoms with van der Waals surface area (Å²) in [6, 6.07) is 16.0. The van der Waals surface area contributed by atoms with E-state index in [1.807, 2.05) is 19.1 Å².